The van der Waals surface area contributed by atoms with Crippen molar-refractivity contribution in [1.29, 1.82) is 0 Å². The van der Waals surface area contributed by atoms with Gasteiger partial charge in [-0.25, -0.2) is 22.6 Å². The molecule has 0 fully saturated rings. The summed E-state index contributed by atoms with van der Waals surface area (Å²) >= 11 is 0. The smallest absolute Gasteiger partial charge is 0.408 e. The van der Waals surface area contributed by atoms with Crippen molar-refractivity contribution in [3.63, 3.8) is 0 Å². The number of halogens is 1. The van der Waals surface area contributed by atoms with E-state index >= 15 is 0 Å². The van der Waals surface area contributed by atoms with Gasteiger partial charge in [0.2, 0.25) is 0 Å². The average molecular weight is 431 g/mol. The highest BCUT2D eigenvalue weighted by atomic mass is 32.2. The number of hydrogen-bond acceptors (Lipinski definition) is 4. The molecule has 1 N–H and O–H groups in total. The standard InChI is InChI=1S/C22H23FN2O4S/c1-22(2,3)25(21(26)27)13-16-11-14-8-6-10-18(30(4,28)29)20(14)24-19(16)15-7-5-9-17(23)12-15/h5-12H,13H2,1-4H3,(H,26,27). The molecular weight excluding hydrogens is 407 g/mol. The van der Waals surface area contributed by atoms with Crippen molar-refractivity contribution in [1.82, 2.24) is 9.88 Å². The van der Waals surface area contributed by atoms with E-state index in [2.05, 4.69) is 4.98 Å². The van der Waals surface area contributed by atoms with Gasteiger partial charge in [0.1, 0.15) is 5.82 Å². The number of amides is 1. The SMILES string of the molecule is CC(C)(C)N(Cc1cc2cccc(S(C)(=O)=O)c2nc1-c1cccc(F)c1)C(=O)O. The van der Waals surface area contributed by atoms with Crippen LogP contribution >= 0.6 is 0 Å². The van der Waals surface area contributed by atoms with Crippen LogP contribution in [0.15, 0.2) is 53.4 Å². The normalized spacial score (nSPS) is 12.2. The van der Waals surface area contributed by atoms with E-state index in [1.165, 1.54) is 29.2 Å². The van der Waals surface area contributed by atoms with Gasteiger partial charge < -0.3 is 5.11 Å². The molecule has 158 valence electrons. The molecule has 30 heavy (non-hydrogen) atoms. The molecule has 8 heteroatoms. The Morgan fingerprint density at radius 3 is 2.37 bits per heavy atom. The van der Waals surface area contributed by atoms with E-state index < -0.39 is 27.3 Å². The topological polar surface area (TPSA) is 87.6 Å². The summed E-state index contributed by atoms with van der Waals surface area (Å²) in [5, 5.41) is 10.3. The quantitative estimate of drug-likeness (QED) is 0.647. The number of rotatable bonds is 4. The fourth-order valence-electron chi connectivity index (χ4n) is 3.28. The van der Waals surface area contributed by atoms with Crippen LogP contribution in [0, 0.1) is 5.82 Å². The van der Waals surface area contributed by atoms with Crippen LogP contribution in [-0.4, -0.2) is 41.3 Å². The van der Waals surface area contributed by atoms with Gasteiger partial charge in [-0.3, -0.25) is 4.90 Å². The summed E-state index contributed by atoms with van der Waals surface area (Å²) in [6.07, 6.45) is 0.00280. The number of pyridine rings is 1. The van der Waals surface area contributed by atoms with Gasteiger partial charge in [0.15, 0.2) is 9.84 Å². The summed E-state index contributed by atoms with van der Waals surface area (Å²) in [5.41, 5.74) is 0.911. The molecule has 1 aromatic heterocycles. The van der Waals surface area contributed by atoms with Crippen LogP contribution in [0.25, 0.3) is 22.2 Å². The predicted molar refractivity (Wildman–Crippen MR) is 114 cm³/mol. The third-order valence-corrected chi connectivity index (χ3v) is 5.88. The molecule has 0 atom stereocenters. The minimum atomic E-state index is -3.55. The Bertz CT molecular complexity index is 1230. The molecule has 0 saturated heterocycles. The molecule has 0 bridgehead atoms. The number of sulfone groups is 1. The monoisotopic (exact) mass is 430 g/mol. The van der Waals surface area contributed by atoms with E-state index in [-0.39, 0.29) is 17.0 Å². The minimum absolute atomic E-state index is 0.0106. The van der Waals surface area contributed by atoms with Crippen molar-refractivity contribution in [3.8, 4) is 11.3 Å². The van der Waals surface area contributed by atoms with E-state index in [9.17, 15) is 22.7 Å². The van der Waals surface area contributed by atoms with Crippen LogP contribution in [0.3, 0.4) is 0 Å². The lowest BCUT2D eigenvalue weighted by Crippen LogP contribution is -2.44. The first-order valence-corrected chi connectivity index (χ1v) is 11.2. The van der Waals surface area contributed by atoms with E-state index in [0.717, 1.165) is 6.26 Å². The second-order valence-electron chi connectivity index (χ2n) is 8.15. The van der Waals surface area contributed by atoms with Crippen molar-refractivity contribution in [3.05, 3.63) is 59.9 Å². The van der Waals surface area contributed by atoms with Gasteiger partial charge in [-0.1, -0.05) is 24.3 Å². The first-order chi connectivity index (χ1) is 13.9. The van der Waals surface area contributed by atoms with Gasteiger partial charge in [-0.05, 0) is 50.6 Å². The van der Waals surface area contributed by atoms with Crippen LogP contribution in [0.2, 0.25) is 0 Å². The van der Waals surface area contributed by atoms with Gasteiger partial charge in [-0.15, -0.1) is 0 Å². The van der Waals surface area contributed by atoms with E-state index in [0.29, 0.717) is 22.2 Å². The molecule has 0 aliphatic carbocycles. The van der Waals surface area contributed by atoms with E-state index in [1.54, 1.807) is 45.0 Å². The van der Waals surface area contributed by atoms with Crippen molar-refractivity contribution < 1.29 is 22.7 Å². The summed E-state index contributed by atoms with van der Waals surface area (Å²) in [6, 6.07) is 12.3. The Balaban J connectivity index is 2.32. The van der Waals surface area contributed by atoms with Crippen LogP contribution in [-0.2, 0) is 16.4 Å². The Morgan fingerprint density at radius 1 is 1.13 bits per heavy atom. The maximum atomic E-state index is 13.9. The second-order valence-corrected chi connectivity index (χ2v) is 10.1. The molecule has 0 aliphatic rings. The Hall–Kier alpha value is -3.00. The van der Waals surface area contributed by atoms with Crippen molar-refractivity contribution >= 4 is 26.8 Å². The third-order valence-electron chi connectivity index (χ3n) is 4.75. The van der Waals surface area contributed by atoms with Crippen LogP contribution < -0.4 is 0 Å². The number of nitrogens with zero attached hydrogens (tertiary/aromatic N) is 2. The summed E-state index contributed by atoms with van der Waals surface area (Å²) < 4.78 is 38.4. The number of aromatic nitrogens is 1. The molecule has 2 aromatic carbocycles. The summed E-state index contributed by atoms with van der Waals surface area (Å²) in [6.45, 7) is 5.34. The first-order valence-electron chi connectivity index (χ1n) is 9.27. The number of fused-ring (bicyclic) bond motifs is 1. The minimum Gasteiger partial charge on any atom is -0.465 e. The highest BCUT2D eigenvalue weighted by Crippen LogP contribution is 2.31. The van der Waals surface area contributed by atoms with Gasteiger partial charge in [0, 0.05) is 22.7 Å². The second kappa shape index (κ2) is 7.68. The van der Waals surface area contributed by atoms with E-state index in [4.69, 9.17) is 0 Å². The van der Waals surface area contributed by atoms with Crippen molar-refractivity contribution in [2.75, 3.05) is 6.26 Å². The largest absolute Gasteiger partial charge is 0.465 e. The zero-order chi connectivity index (χ0) is 22.3. The Kier molecular flexibility index (Phi) is 5.56. The number of hydrogen-bond donors (Lipinski definition) is 1. The highest BCUT2D eigenvalue weighted by molar-refractivity contribution is 7.91. The van der Waals surface area contributed by atoms with E-state index in [1.807, 2.05) is 0 Å². The molecule has 3 aromatic rings. The van der Waals surface area contributed by atoms with Crippen LogP contribution in [0.1, 0.15) is 26.3 Å². The molecule has 1 heterocycles. The molecule has 0 aliphatic heterocycles. The number of carbonyl (C=O) groups is 1. The number of carboxylic acid groups (broad SMARTS) is 1. The first kappa shape index (κ1) is 21.7. The predicted octanol–water partition coefficient (Wildman–Crippen LogP) is 4.72. The molecule has 0 spiro atoms. The lowest BCUT2D eigenvalue weighted by Gasteiger charge is -2.33. The maximum Gasteiger partial charge on any atom is 0.408 e. The summed E-state index contributed by atoms with van der Waals surface area (Å²) in [5.74, 6) is -0.470. The lowest BCUT2D eigenvalue weighted by molar-refractivity contribution is 0.0956. The van der Waals surface area contributed by atoms with Gasteiger partial charge >= 0.3 is 6.09 Å². The fourth-order valence-corrected chi connectivity index (χ4v) is 4.12. The lowest BCUT2D eigenvalue weighted by atomic mass is 10.00. The van der Waals surface area contributed by atoms with Gasteiger partial charge in [-0.2, -0.15) is 0 Å². The molecule has 0 radical (unpaired) electrons. The highest BCUT2D eigenvalue weighted by Gasteiger charge is 2.28. The zero-order valence-corrected chi connectivity index (χ0v) is 18.0. The molecule has 6 nitrogen and oxygen atoms in total. The molecule has 0 unspecified atom stereocenters. The number of benzene rings is 2. The van der Waals surface area contributed by atoms with Crippen LogP contribution in [0.4, 0.5) is 9.18 Å². The average Bonchev–Trinajstić information content (AvgIpc) is 2.62. The zero-order valence-electron chi connectivity index (χ0n) is 17.2. The van der Waals surface area contributed by atoms with Crippen LogP contribution in [0.5, 0.6) is 0 Å². The van der Waals surface area contributed by atoms with Crippen molar-refractivity contribution in [2.24, 2.45) is 0 Å². The van der Waals surface area contributed by atoms with Gasteiger partial charge in [0.05, 0.1) is 22.7 Å². The fraction of sp³-hybridized carbons (Fsp3) is 0.273. The summed E-state index contributed by atoms with van der Waals surface area (Å²) in [7, 11) is -3.55. The molecular formula is C22H23FN2O4S. The van der Waals surface area contributed by atoms with Gasteiger partial charge in [0.25, 0.3) is 0 Å². The Morgan fingerprint density at radius 2 is 1.80 bits per heavy atom. The molecule has 1 amide bonds. The summed E-state index contributed by atoms with van der Waals surface area (Å²) in [4.78, 5) is 17.8. The molecule has 3 rings (SSSR count). The molecule has 0 saturated carbocycles. The Labute approximate surface area is 174 Å². The van der Waals surface area contributed by atoms with Crippen molar-refractivity contribution in [2.45, 2.75) is 37.8 Å². The third kappa shape index (κ3) is 4.43. The maximum absolute atomic E-state index is 13.9. The number of para-hydroxylation sites is 1.